The highest BCUT2D eigenvalue weighted by molar-refractivity contribution is 7.15. The fraction of sp³-hybridized carbons (Fsp3) is 0.800. The number of thiazole rings is 1. The van der Waals surface area contributed by atoms with Gasteiger partial charge in [-0.2, -0.15) is 0 Å². The van der Waals surface area contributed by atoms with Crippen LogP contribution in [0.2, 0.25) is 0 Å². The summed E-state index contributed by atoms with van der Waals surface area (Å²) in [4.78, 5) is 8.71. The van der Waals surface area contributed by atoms with E-state index in [1.165, 1.54) is 28.5 Å². The van der Waals surface area contributed by atoms with Crippen molar-refractivity contribution in [3.63, 3.8) is 0 Å². The van der Waals surface area contributed by atoms with Crippen molar-refractivity contribution in [2.75, 3.05) is 18.5 Å². The van der Waals surface area contributed by atoms with Crippen LogP contribution in [-0.4, -0.2) is 24.6 Å². The summed E-state index contributed by atoms with van der Waals surface area (Å²) in [5.41, 5.74) is 1.33. The third-order valence-electron chi connectivity index (χ3n) is 4.27. The summed E-state index contributed by atoms with van der Waals surface area (Å²) in [6.07, 6.45) is 3.67. The van der Waals surface area contributed by atoms with Crippen LogP contribution in [0.4, 0.5) is 5.13 Å². The highest BCUT2D eigenvalue weighted by Crippen LogP contribution is 2.38. The number of fused-ring (bicyclic) bond motifs is 1. The maximum atomic E-state index is 4.89. The van der Waals surface area contributed by atoms with Gasteiger partial charge in [-0.1, -0.05) is 32.1 Å². The highest BCUT2D eigenvalue weighted by atomic mass is 32.1. The fourth-order valence-corrected chi connectivity index (χ4v) is 3.89. The molecule has 0 radical (unpaired) electrons. The van der Waals surface area contributed by atoms with Gasteiger partial charge < -0.3 is 10.2 Å². The molecule has 1 heterocycles. The summed E-state index contributed by atoms with van der Waals surface area (Å²) in [5, 5.41) is 4.79. The molecular formula is C15H27N3S. The van der Waals surface area contributed by atoms with Gasteiger partial charge in [-0.15, -0.1) is 0 Å². The second kappa shape index (κ2) is 6.23. The lowest BCUT2D eigenvalue weighted by Gasteiger charge is -2.27. The number of nitrogens with zero attached hydrogens (tertiary/aromatic N) is 2. The van der Waals surface area contributed by atoms with Crippen LogP contribution in [0.15, 0.2) is 0 Å². The molecule has 0 aliphatic heterocycles. The van der Waals surface area contributed by atoms with Gasteiger partial charge in [0, 0.05) is 24.0 Å². The monoisotopic (exact) mass is 281 g/mol. The van der Waals surface area contributed by atoms with Gasteiger partial charge in [0.25, 0.3) is 0 Å². The first-order valence-electron chi connectivity index (χ1n) is 7.50. The van der Waals surface area contributed by atoms with E-state index in [0.717, 1.165) is 13.0 Å². The molecule has 0 bridgehead atoms. The van der Waals surface area contributed by atoms with Crippen LogP contribution >= 0.6 is 11.3 Å². The molecule has 3 nitrogen and oxygen atoms in total. The van der Waals surface area contributed by atoms with Crippen molar-refractivity contribution in [3.8, 4) is 0 Å². The molecule has 1 N–H and O–H groups in total. The molecule has 0 aromatic carbocycles. The summed E-state index contributed by atoms with van der Waals surface area (Å²) >= 11 is 1.89. The summed E-state index contributed by atoms with van der Waals surface area (Å²) in [6.45, 7) is 10.1. The lowest BCUT2D eigenvalue weighted by Crippen LogP contribution is -2.33. The van der Waals surface area contributed by atoms with Crippen molar-refractivity contribution >= 4 is 16.5 Å². The predicted molar refractivity (Wildman–Crippen MR) is 84.2 cm³/mol. The molecule has 0 saturated heterocycles. The van der Waals surface area contributed by atoms with Crippen molar-refractivity contribution < 1.29 is 0 Å². The van der Waals surface area contributed by atoms with E-state index in [0.29, 0.717) is 18.0 Å². The Hall–Kier alpha value is -0.610. The number of nitrogens with one attached hydrogen (secondary N) is 1. The summed E-state index contributed by atoms with van der Waals surface area (Å²) in [7, 11) is 2.18. The molecule has 1 aromatic heterocycles. The van der Waals surface area contributed by atoms with Crippen molar-refractivity contribution in [1.29, 1.82) is 0 Å². The van der Waals surface area contributed by atoms with Gasteiger partial charge in [-0.05, 0) is 38.6 Å². The standard InChI is InChI=1S/C15H27N3S/c1-6-16-12-8-7-9-13-14(12)19-15(17-13)18(5)11(4)10(2)3/h10-12,16H,6-9H2,1-5H3. The van der Waals surface area contributed by atoms with Crippen LogP contribution in [0.25, 0.3) is 0 Å². The van der Waals surface area contributed by atoms with E-state index in [-0.39, 0.29) is 0 Å². The molecular weight excluding hydrogens is 254 g/mol. The minimum atomic E-state index is 0.530. The number of hydrogen-bond acceptors (Lipinski definition) is 4. The summed E-state index contributed by atoms with van der Waals surface area (Å²) < 4.78 is 0. The quantitative estimate of drug-likeness (QED) is 0.893. The van der Waals surface area contributed by atoms with E-state index in [1.54, 1.807) is 0 Å². The first-order valence-corrected chi connectivity index (χ1v) is 8.32. The first-order chi connectivity index (χ1) is 9.04. The minimum absolute atomic E-state index is 0.530. The average molecular weight is 281 g/mol. The van der Waals surface area contributed by atoms with Gasteiger partial charge in [0.05, 0.1) is 5.69 Å². The van der Waals surface area contributed by atoms with Crippen LogP contribution in [-0.2, 0) is 6.42 Å². The molecule has 2 unspecified atom stereocenters. The number of anilines is 1. The van der Waals surface area contributed by atoms with Crippen LogP contribution in [0, 0.1) is 5.92 Å². The Morgan fingerprint density at radius 2 is 2.16 bits per heavy atom. The van der Waals surface area contributed by atoms with Gasteiger partial charge in [0.2, 0.25) is 0 Å². The van der Waals surface area contributed by atoms with E-state index >= 15 is 0 Å². The summed E-state index contributed by atoms with van der Waals surface area (Å²) in [6, 6.07) is 1.06. The molecule has 0 amide bonds. The van der Waals surface area contributed by atoms with Gasteiger partial charge in [0.1, 0.15) is 0 Å². The van der Waals surface area contributed by atoms with Crippen molar-refractivity contribution in [2.45, 2.75) is 59.0 Å². The molecule has 4 heteroatoms. The Labute approximate surface area is 121 Å². The van der Waals surface area contributed by atoms with Gasteiger partial charge >= 0.3 is 0 Å². The second-order valence-electron chi connectivity index (χ2n) is 5.91. The zero-order valence-electron chi connectivity index (χ0n) is 12.9. The smallest absolute Gasteiger partial charge is 0.185 e. The number of aryl methyl sites for hydroxylation is 1. The fourth-order valence-electron chi connectivity index (χ4n) is 2.62. The average Bonchev–Trinajstić information content (AvgIpc) is 2.82. The molecule has 1 aromatic rings. The van der Waals surface area contributed by atoms with E-state index in [4.69, 9.17) is 4.98 Å². The van der Waals surface area contributed by atoms with Crippen molar-refractivity contribution in [3.05, 3.63) is 10.6 Å². The van der Waals surface area contributed by atoms with Crippen molar-refractivity contribution in [2.24, 2.45) is 5.92 Å². The molecule has 2 rings (SSSR count). The van der Waals surface area contributed by atoms with Crippen LogP contribution in [0.1, 0.15) is 57.1 Å². The normalized spacial score (nSPS) is 20.4. The molecule has 0 saturated carbocycles. The molecule has 0 fully saturated rings. The Morgan fingerprint density at radius 1 is 1.42 bits per heavy atom. The zero-order chi connectivity index (χ0) is 14.0. The van der Waals surface area contributed by atoms with E-state index in [2.05, 4.69) is 45.0 Å². The Bertz CT molecular complexity index is 414. The van der Waals surface area contributed by atoms with Crippen LogP contribution in [0.3, 0.4) is 0 Å². The molecule has 0 spiro atoms. The van der Waals surface area contributed by atoms with Gasteiger partial charge in [-0.3, -0.25) is 0 Å². The third kappa shape index (κ3) is 3.11. The van der Waals surface area contributed by atoms with Crippen LogP contribution in [0.5, 0.6) is 0 Å². The Balaban J connectivity index is 2.21. The van der Waals surface area contributed by atoms with Crippen molar-refractivity contribution in [1.82, 2.24) is 10.3 Å². The van der Waals surface area contributed by atoms with E-state index < -0.39 is 0 Å². The second-order valence-corrected chi connectivity index (χ2v) is 6.91. The molecule has 1 aliphatic carbocycles. The molecule has 108 valence electrons. The van der Waals surface area contributed by atoms with Gasteiger partial charge in [-0.25, -0.2) is 4.98 Å². The zero-order valence-corrected chi connectivity index (χ0v) is 13.7. The summed E-state index contributed by atoms with van der Waals surface area (Å²) in [5.74, 6) is 0.649. The molecule has 2 atom stereocenters. The molecule has 1 aliphatic rings. The minimum Gasteiger partial charge on any atom is -0.348 e. The third-order valence-corrected chi connectivity index (χ3v) is 5.57. The number of hydrogen-bond donors (Lipinski definition) is 1. The lowest BCUT2D eigenvalue weighted by atomic mass is 9.98. The first kappa shape index (κ1) is 14.8. The maximum absolute atomic E-state index is 4.89. The molecule has 19 heavy (non-hydrogen) atoms. The lowest BCUT2D eigenvalue weighted by molar-refractivity contribution is 0.475. The highest BCUT2D eigenvalue weighted by Gasteiger charge is 2.26. The van der Waals surface area contributed by atoms with Crippen LogP contribution < -0.4 is 10.2 Å². The predicted octanol–water partition coefficient (Wildman–Crippen LogP) is 3.61. The number of aromatic nitrogens is 1. The Kier molecular flexibility index (Phi) is 4.85. The van der Waals surface area contributed by atoms with Gasteiger partial charge in [0.15, 0.2) is 5.13 Å². The topological polar surface area (TPSA) is 28.2 Å². The SMILES string of the molecule is CCNC1CCCc2nc(N(C)C(C)C(C)C)sc21. The number of rotatable bonds is 5. The largest absolute Gasteiger partial charge is 0.348 e. The van der Waals surface area contributed by atoms with E-state index in [1.807, 2.05) is 11.3 Å². The maximum Gasteiger partial charge on any atom is 0.185 e. The Morgan fingerprint density at radius 3 is 2.79 bits per heavy atom. The van der Waals surface area contributed by atoms with E-state index in [9.17, 15) is 0 Å².